The Morgan fingerprint density at radius 1 is 1.26 bits per heavy atom. The number of aliphatic imine (C=N–C) groups is 1. The highest BCUT2D eigenvalue weighted by molar-refractivity contribution is 7.11. The van der Waals surface area contributed by atoms with Crippen LogP contribution in [0.4, 0.5) is 5.69 Å². The number of cyclic esters (lactones) is 1. The summed E-state index contributed by atoms with van der Waals surface area (Å²) in [4.78, 5) is 28.2. The summed E-state index contributed by atoms with van der Waals surface area (Å²) in [7, 11) is 0. The summed E-state index contributed by atoms with van der Waals surface area (Å²) >= 11 is 1.55. The summed E-state index contributed by atoms with van der Waals surface area (Å²) in [6, 6.07) is 8.95. The van der Waals surface area contributed by atoms with Crippen LogP contribution in [0.2, 0.25) is 0 Å². The normalized spacial score (nSPS) is 15.5. The first-order valence-electron chi connectivity index (χ1n) is 6.97. The predicted molar refractivity (Wildman–Crippen MR) is 90.4 cm³/mol. The largest absolute Gasteiger partial charge is 0.402 e. The molecule has 0 saturated heterocycles. The smallest absolute Gasteiger partial charge is 0.363 e. The molecule has 116 valence electrons. The Balaban J connectivity index is 1.85. The predicted octanol–water partition coefficient (Wildman–Crippen LogP) is 3.36. The number of esters is 1. The number of hydrogen-bond acceptors (Lipinski definition) is 5. The summed E-state index contributed by atoms with van der Waals surface area (Å²) in [5, 5.41) is 4.65. The monoisotopic (exact) mass is 326 g/mol. The molecular weight excluding hydrogens is 312 g/mol. The van der Waals surface area contributed by atoms with Gasteiger partial charge in [-0.25, -0.2) is 9.79 Å². The van der Waals surface area contributed by atoms with E-state index in [1.165, 1.54) is 6.92 Å². The van der Waals surface area contributed by atoms with Gasteiger partial charge in [-0.15, -0.1) is 11.3 Å². The van der Waals surface area contributed by atoms with Crippen LogP contribution in [-0.4, -0.2) is 17.8 Å². The van der Waals surface area contributed by atoms with Crippen molar-refractivity contribution >= 4 is 40.9 Å². The van der Waals surface area contributed by atoms with Crippen LogP contribution in [0, 0.1) is 6.92 Å². The van der Waals surface area contributed by atoms with Gasteiger partial charge in [0.1, 0.15) is 0 Å². The van der Waals surface area contributed by atoms with Crippen molar-refractivity contribution < 1.29 is 14.3 Å². The van der Waals surface area contributed by atoms with Crippen LogP contribution in [0.5, 0.6) is 0 Å². The third-order valence-corrected chi connectivity index (χ3v) is 4.21. The maximum absolute atomic E-state index is 12.0. The van der Waals surface area contributed by atoms with E-state index in [1.807, 2.05) is 18.4 Å². The average Bonchev–Trinajstić information content (AvgIpc) is 3.07. The number of nitrogens with one attached hydrogen (secondary N) is 1. The van der Waals surface area contributed by atoms with Crippen LogP contribution in [0.3, 0.4) is 0 Å². The maximum atomic E-state index is 12.0. The second-order valence-corrected chi connectivity index (χ2v) is 6.01. The molecular formula is C17H14N2O3S. The van der Waals surface area contributed by atoms with Crippen LogP contribution in [0.1, 0.15) is 22.9 Å². The third-order valence-electron chi connectivity index (χ3n) is 3.24. The summed E-state index contributed by atoms with van der Waals surface area (Å²) in [6.45, 7) is 3.43. The van der Waals surface area contributed by atoms with E-state index in [0.29, 0.717) is 11.3 Å². The fourth-order valence-corrected chi connectivity index (χ4v) is 2.94. The quantitative estimate of drug-likeness (QED) is 0.694. The number of carbonyl (C=O) groups excluding carboxylic acids is 2. The molecule has 1 aromatic carbocycles. The summed E-state index contributed by atoms with van der Waals surface area (Å²) in [6.07, 6.45) is 1.74. The zero-order valence-corrected chi connectivity index (χ0v) is 13.4. The zero-order valence-electron chi connectivity index (χ0n) is 12.6. The van der Waals surface area contributed by atoms with Crippen molar-refractivity contribution in [1.82, 2.24) is 0 Å². The molecule has 0 atom stereocenters. The SMILES string of the molecule is CC(=O)Nc1ccc(C2=N/C(=C\c3sccc3C)C(=O)O2)cc1. The molecule has 0 saturated carbocycles. The van der Waals surface area contributed by atoms with Crippen LogP contribution in [0.25, 0.3) is 6.08 Å². The first kappa shape index (κ1) is 15.2. The number of amides is 1. The lowest BCUT2D eigenvalue weighted by Crippen LogP contribution is -2.07. The first-order valence-corrected chi connectivity index (χ1v) is 7.85. The minimum atomic E-state index is -0.460. The summed E-state index contributed by atoms with van der Waals surface area (Å²) in [5.41, 5.74) is 2.74. The lowest BCUT2D eigenvalue weighted by Gasteiger charge is -2.03. The Labute approximate surface area is 137 Å². The van der Waals surface area contributed by atoms with Crippen molar-refractivity contribution in [3.63, 3.8) is 0 Å². The first-order chi connectivity index (χ1) is 11.0. The van der Waals surface area contributed by atoms with E-state index in [4.69, 9.17) is 4.74 Å². The highest BCUT2D eigenvalue weighted by Gasteiger charge is 2.24. The van der Waals surface area contributed by atoms with Gasteiger partial charge in [-0.1, -0.05) is 0 Å². The Morgan fingerprint density at radius 2 is 2.00 bits per heavy atom. The molecule has 0 radical (unpaired) electrons. The van der Waals surface area contributed by atoms with Crippen molar-refractivity contribution in [2.24, 2.45) is 4.99 Å². The van der Waals surface area contributed by atoms with E-state index in [0.717, 1.165) is 10.4 Å². The molecule has 2 aromatic rings. The van der Waals surface area contributed by atoms with Gasteiger partial charge >= 0.3 is 5.97 Å². The van der Waals surface area contributed by atoms with Crippen molar-refractivity contribution in [2.45, 2.75) is 13.8 Å². The van der Waals surface area contributed by atoms with Gasteiger partial charge in [-0.3, -0.25) is 4.79 Å². The number of benzene rings is 1. The lowest BCUT2D eigenvalue weighted by atomic mass is 10.2. The van der Waals surface area contributed by atoms with Crippen molar-refractivity contribution in [3.05, 3.63) is 57.4 Å². The van der Waals surface area contributed by atoms with Gasteiger partial charge in [-0.05, 0) is 54.3 Å². The number of aryl methyl sites for hydroxylation is 1. The van der Waals surface area contributed by atoms with Crippen LogP contribution in [0.15, 0.2) is 46.4 Å². The van der Waals surface area contributed by atoms with E-state index in [9.17, 15) is 9.59 Å². The molecule has 3 rings (SSSR count). The molecule has 1 N–H and O–H groups in total. The molecule has 0 unspecified atom stereocenters. The van der Waals surface area contributed by atoms with Gasteiger partial charge in [-0.2, -0.15) is 0 Å². The molecule has 5 nitrogen and oxygen atoms in total. The van der Waals surface area contributed by atoms with E-state index >= 15 is 0 Å². The molecule has 23 heavy (non-hydrogen) atoms. The van der Waals surface area contributed by atoms with Gasteiger partial charge in [0.05, 0.1) is 0 Å². The van der Waals surface area contributed by atoms with Crippen LogP contribution >= 0.6 is 11.3 Å². The average molecular weight is 326 g/mol. The van der Waals surface area contributed by atoms with Gasteiger partial charge in [0.25, 0.3) is 0 Å². The van der Waals surface area contributed by atoms with Crippen LogP contribution in [-0.2, 0) is 14.3 Å². The van der Waals surface area contributed by atoms with E-state index in [2.05, 4.69) is 10.3 Å². The van der Waals surface area contributed by atoms with E-state index in [1.54, 1.807) is 41.7 Å². The van der Waals surface area contributed by atoms with E-state index < -0.39 is 5.97 Å². The summed E-state index contributed by atoms with van der Waals surface area (Å²) in [5.74, 6) is -0.331. The molecule has 2 heterocycles. The fraction of sp³-hybridized carbons (Fsp3) is 0.118. The number of hydrogen-bond donors (Lipinski definition) is 1. The van der Waals surface area contributed by atoms with Gasteiger partial charge in [0.2, 0.25) is 11.8 Å². The van der Waals surface area contributed by atoms with Gasteiger partial charge in [0.15, 0.2) is 5.70 Å². The third kappa shape index (κ3) is 3.37. The topological polar surface area (TPSA) is 67.8 Å². The summed E-state index contributed by atoms with van der Waals surface area (Å²) < 4.78 is 5.23. The number of ether oxygens (including phenoxy) is 1. The molecule has 0 fully saturated rings. The second-order valence-electron chi connectivity index (χ2n) is 5.06. The fourth-order valence-electron chi connectivity index (χ4n) is 2.09. The Bertz CT molecular complexity index is 832. The molecule has 1 aliphatic heterocycles. The number of rotatable bonds is 3. The van der Waals surface area contributed by atoms with Crippen molar-refractivity contribution in [2.75, 3.05) is 5.32 Å². The van der Waals surface area contributed by atoms with E-state index in [-0.39, 0.29) is 17.5 Å². The Hall–Kier alpha value is -2.73. The molecule has 0 spiro atoms. The minimum Gasteiger partial charge on any atom is -0.402 e. The molecule has 1 aliphatic rings. The number of anilines is 1. The molecule has 0 bridgehead atoms. The number of nitrogens with zero attached hydrogens (tertiary/aromatic N) is 1. The van der Waals surface area contributed by atoms with Crippen molar-refractivity contribution in [3.8, 4) is 0 Å². The Kier molecular flexibility index (Phi) is 4.08. The standard InChI is InChI=1S/C17H14N2O3S/c1-10-7-8-23-15(10)9-14-17(21)22-16(19-14)12-3-5-13(6-4-12)18-11(2)20/h3-9H,1-2H3,(H,18,20)/b14-9-. The molecule has 1 amide bonds. The Morgan fingerprint density at radius 3 is 2.61 bits per heavy atom. The molecule has 0 aliphatic carbocycles. The number of carbonyl (C=O) groups is 2. The van der Waals surface area contributed by atoms with Crippen molar-refractivity contribution in [1.29, 1.82) is 0 Å². The highest BCUT2D eigenvalue weighted by atomic mass is 32.1. The minimum absolute atomic E-state index is 0.140. The second kappa shape index (κ2) is 6.18. The zero-order chi connectivity index (χ0) is 16.4. The lowest BCUT2D eigenvalue weighted by molar-refractivity contribution is -0.129. The number of thiophene rings is 1. The highest BCUT2D eigenvalue weighted by Crippen LogP contribution is 2.24. The van der Waals surface area contributed by atoms with Gasteiger partial charge < -0.3 is 10.1 Å². The molecule has 1 aromatic heterocycles. The molecule has 6 heteroatoms. The van der Waals surface area contributed by atoms with Crippen LogP contribution < -0.4 is 5.32 Å². The van der Waals surface area contributed by atoms with Gasteiger partial charge in [0, 0.05) is 23.1 Å². The maximum Gasteiger partial charge on any atom is 0.363 e.